The van der Waals surface area contributed by atoms with Gasteiger partial charge in [-0.25, -0.2) is 4.39 Å². The SMILES string of the molecule is C[C](C)CN1CCOC(c2ccc(N)cc2F)C1. The Balaban J connectivity index is 2.08. The highest BCUT2D eigenvalue weighted by Crippen LogP contribution is 2.26. The van der Waals surface area contributed by atoms with E-state index in [1.165, 1.54) is 12.0 Å². The molecular formula is C14H20FN2O. The molecule has 0 amide bonds. The first kappa shape index (κ1) is 13.3. The Labute approximate surface area is 108 Å². The number of ether oxygens (including phenoxy) is 1. The van der Waals surface area contributed by atoms with Crippen LogP contribution in [0.25, 0.3) is 0 Å². The van der Waals surface area contributed by atoms with Gasteiger partial charge in [0.1, 0.15) is 5.82 Å². The summed E-state index contributed by atoms with van der Waals surface area (Å²) in [6, 6.07) is 4.80. The van der Waals surface area contributed by atoms with Gasteiger partial charge in [-0.2, -0.15) is 0 Å². The molecule has 1 atom stereocenters. The average Bonchev–Trinajstić information content (AvgIpc) is 2.28. The smallest absolute Gasteiger partial charge is 0.131 e. The summed E-state index contributed by atoms with van der Waals surface area (Å²) in [6.45, 7) is 7.42. The molecule has 1 aliphatic rings. The summed E-state index contributed by atoms with van der Waals surface area (Å²) in [7, 11) is 0. The van der Waals surface area contributed by atoms with Gasteiger partial charge in [0.25, 0.3) is 0 Å². The number of rotatable bonds is 3. The first-order valence-electron chi connectivity index (χ1n) is 6.24. The molecule has 2 N–H and O–H groups in total. The summed E-state index contributed by atoms with van der Waals surface area (Å²) in [5, 5.41) is 0. The van der Waals surface area contributed by atoms with Crippen molar-refractivity contribution in [3.05, 3.63) is 35.5 Å². The van der Waals surface area contributed by atoms with Gasteiger partial charge in [0.15, 0.2) is 0 Å². The summed E-state index contributed by atoms with van der Waals surface area (Å²) < 4.78 is 19.5. The van der Waals surface area contributed by atoms with Crippen LogP contribution in [0.15, 0.2) is 18.2 Å². The molecule has 2 rings (SSSR count). The third kappa shape index (κ3) is 3.21. The van der Waals surface area contributed by atoms with E-state index in [2.05, 4.69) is 18.7 Å². The standard InChI is InChI=1S/C14H20FN2O/c1-10(2)8-17-5-6-18-14(9-17)12-4-3-11(16)7-13(12)15/h3-4,7,14H,5-6,8-9,16H2,1-2H3. The van der Waals surface area contributed by atoms with Gasteiger partial charge in [0.05, 0.1) is 12.7 Å². The topological polar surface area (TPSA) is 38.5 Å². The Morgan fingerprint density at radius 1 is 1.50 bits per heavy atom. The Morgan fingerprint density at radius 2 is 2.28 bits per heavy atom. The Morgan fingerprint density at radius 3 is 2.94 bits per heavy atom. The number of nitrogens with zero attached hydrogens (tertiary/aromatic N) is 1. The van der Waals surface area contributed by atoms with E-state index in [0.29, 0.717) is 17.9 Å². The van der Waals surface area contributed by atoms with Crippen LogP contribution < -0.4 is 5.73 Å². The molecule has 0 saturated carbocycles. The molecule has 4 heteroatoms. The second-order valence-electron chi connectivity index (χ2n) is 5.08. The van der Waals surface area contributed by atoms with Crippen LogP contribution in [0.4, 0.5) is 10.1 Å². The molecule has 1 fully saturated rings. The van der Waals surface area contributed by atoms with Gasteiger partial charge in [0.2, 0.25) is 0 Å². The van der Waals surface area contributed by atoms with Crippen molar-refractivity contribution < 1.29 is 9.13 Å². The van der Waals surface area contributed by atoms with Crippen LogP contribution in [0.5, 0.6) is 0 Å². The molecule has 1 radical (unpaired) electrons. The van der Waals surface area contributed by atoms with E-state index in [1.807, 2.05) is 0 Å². The lowest BCUT2D eigenvalue weighted by Crippen LogP contribution is -2.40. The summed E-state index contributed by atoms with van der Waals surface area (Å²) in [5.74, 6) is 1.08. The van der Waals surface area contributed by atoms with Crippen LogP contribution in [-0.4, -0.2) is 31.1 Å². The third-order valence-electron chi connectivity index (χ3n) is 3.06. The fourth-order valence-corrected chi connectivity index (χ4v) is 2.29. The van der Waals surface area contributed by atoms with E-state index in [1.54, 1.807) is 12.1 Å². The number of benzene rings is 1. The maximum absolute atomic E-state index is 13.8. The van der Waals surface area contributed by atoms with Crippen molar-refractivity contribution in [1.29, 1.82) is 0 Å². The average molecular weight is 251 g/mol. The highest BCUT2D eigenvalue weighted by Gasteiger charge is 2.24. The molecule has 1 aliphatic heterocycles. The summed E-state index contributed by atoms with van der Waals surface area (Å²) in [5.41, 5.74) is 6.60. The zero-order valence-corrected chi connectivity index (χ0v) is 10.9. The van der Waals surface area contributed by atoms with Crippen molar-refractivity contribution in [1.82, 2.24) is 4.90 Å². The van der Waals surface area contributed by atoms with Crippen molar-refractivity contribution in [2.45, 2.75) is 20.0 Å². The summed E-state index contributed by atoms with van der Waals surface area (Å²) >= 11 is 0. The van der Waals surface area contributed by atoms with Crippen LogP contribution in [-0.2, 0) is 4.74 Å². The monoisotopic (exact) mass is 251 g/mol. The summed E-state index contributed by atoms with van der Waals surface area (Å²) in [4.78, 5) is 2.29. The molecule has 0 spiro atoms. The molecule has 1 aromatic carbocycles. The maximum Gasteiger partial charge on any atom is 0.131 e. The summed E-state index contributed by atoms with van der Waals surface area (Å²) in [6.07, 6.45) is -0.196. The van der Waals surface area contributed by atoms with E-state index in [9.17, 15) is 4.39 Å². The van der Waals surface area contributed by atoms with Crippen LogP contribution in [0.2, 0.25) is 0 Å². The number of hydrogen-bond acceptors (Lipinski definition) is 3. The fourth-order valence-electron chi connectivity index (χ4n) is 2.29. The normalized spacial score (nSPS) is 21.4. The zero-order chi connectivity index (χ0) is 13.1. The lowest BCUT2D eigenvalue weighted by atomic mass is 10.1. The second kappa shape index (κ2) is 5.67. The quantitative estimate of drug-likeness (QED) is 0.838. The third-order valence-corrected chi connectivity index (χ3v) is 3.06. The minimum atomic E-state index is -0.279. The van der Waals surface area contributed by atoms with E-state index in [4.69, 9.17) is 10.5 Å². The molecular weight excluding hydrogens is 231 g/mol. The fraction of sp³-hybridized carbons (Fsp3) is 0.500. The largest absolute Gasteiger partial charge is 0.399 e. The predicted molar refractivity (Wildman–Crippen MR) is 70.5 cm³/mol. The van der Waals surface area contributed by atoms with Crippen LogP contribution in [0, 0.1) is 11.7 Å². The first-order chi connectivity index (χ1) is 8.56. The second-order valence-corrected chi connectivity index (χ2v) is 5.08. The molecule has 1 heterocycles. The number of nitrogens with two attached hydrogens (primary N) is 1. The van der Waals surface area contributed by atoms with Gasteiger partial charge in [-0.05, 0) is 18.1 Å². The highest BCUT2D eigenvalue weighted by molar-refractivity contribution is 5.41. The molecule has 0 bridgehead atoms. The van der Waals surface area contributed by atoms with Gasteiger partial charge < -0.3 is 10.5 Å². The molecule has 3 nitrogen and oxygen atoms in total. The van der Waals surface area contributed by atoms with Gasteiger partial charge in [-0.15, -0.1) is 0 Å². The number of halogens is 1. The predicted octanol–water partition coefficient (Wildman–Crippen LogP) is 2.40. The molecule has 1 unspecified atom stereocenters. The van der Waals surface area contributed by atoms with Crippen LogP contribution >= 0.6 is 0 Å². The number of hydrogen-bond donors (Lipinski definition) is 1. The van der Waals surface area contributed by atoms with Crippen LogP contribution in [0.1, 0.15) is 25.5 Å². The Bertz CT molecular complexity index is 409. The van der Waals surface area contributed by atoms with Gasteiger partial charge >= 0.3 is 0 Å². The minimum Gasteiger partial charge on any atom is -0.399 e. The number of morpholine rings is 1. The van der Waals surface area contributed by atoms with Crippen molar-refractivity contribution in [2.24, 2.45) is 0 Å². The maximum atomic E-state index is 13.8. The lowest BCUT2D eigenvalue weighted by Gasteiger charge is -2.34. The van der Waals surface area contributed by atoms with E-state index in [0.717, 1.165) is 19.6 Å². The first-order valence-corrected chi connectivity index (χ1v) is 6.24. The number of nitrogen functional groups attached to an aromatic ring is 1. The lowest BCUT2D eigenvalue weighted by molar-refractivity contribution is -0.0299. The van der Waals surface area contributed by atoms with Crippen molar-refractivity contribution in [2.75, 3.05) is 32.0 Å². The minimum absolute atomic E-state index is 0.196. The molecule has 18 heavy (non-hydrogen) atoms. The molecule has 1 aromatic rings. The van der Waals surface area contributed by atoms with Gasteiger partial charge in [-0.1, -0.05) is 19.9 Å². The zero-order valence-electron chi connectivity index (χ0n) is 10.9. The molecule has 0 aromatic heterocycles. The van der Waals surface area contributed by atoms with Crippen molar-refractivity contribution in [3.63, 3.8) is 0 Å². The Kier molecular flexibility index (Phi) is 4.19. The highest BCUT2D eigenvalue weighted by atomic mass is 19.1. The van der Waals surface area contributed by atoms with E-state index >= 15 is 0 Å². The van der Waals surface area contributed by atoms with E-state index < -0.39 is 0 Å². The van der Waals surface area contributed by atoms with Gasteiger partial charge in [0, 0.05) is 30.9 Å². The molecule has 0 aliphatic carbocycles. The van der Waals surface area contributed by atoms with Crippen molar-refractivity contribution >= 4 is 5.69 Å². The van der Waals surface area contributed by atoms with E-state index in [-0.39, 0.29) is 11.9 Å². The number of anilines is 1. The molecule has 1 saturated heterocycles. The van der Waals surface area contributed by atoms with Crippen LogP contribution in [0.3, 0.4) is 0 Å². The Hall–Kier alpha value is -1.13. The molecule has 99 valence electrons. The van der Waals surface area contributed by atoms with Crippen molar-refractivity contribution in [3.8, 4) is 0 Å². The van der Waals surface area contributed by atoms with Gasteiger partial charge in [-0.3, -0.25) is 4.90 Å².